The summed E-state index contributed by atoms with van der Waals surface area (Å²) >= 11 is 0. The number of fused-ring (bicyclic) bond motifs is 1. The average Bonchev–Trinajstić information content (AvgIpc) is 2.77. The van der Waals surface area contributed by atoms with E-state index in [0.717, 1.165) is 24.2 Å². The van der Waals surface area contributed by atoms with Gasteiger partial charge in [-0.3, -0.25) is 4.79 Å². The minimum atomic E-state index is -0.0531. The van der Waals surface area contributed by atoms with Crippen molar-refractivity contribution in [1.29, 1.82) is 0 Å². The lowest BCUT2D eigenvalue weighted by molar-refractivity contribution is -0.115. The van der Waals surface area contributed by atoms with Crippen LogP contribution in [0.4, 0.5) is 5.69 Å². The maximum atomic E-state index is 11.3. The number of benzene rings is 1. The molecule has 1 aliphatic rings. The summed E-state index contributed by atoms with van der Waals surface area (Å²) in [4.78, 5) is 11.3. The standard InChI is InChI=1S/C14H20N2O3/c17-6-4-12(9-18)15-5-3-10-1-2-13-11(7-10)8-14(19)16-13/h1-2,7,12,15,17-18H,3-6,8-9H2,(H,16,19). The van der Waals surface area contributed by atoms with Crippen molar-refractivity contribution in [2.75, 3.05) is 25.1 Å². The molecule has 0 saturated heterocycles. The third kappa shape index (κ3) is 3.76. The van der Waals surface area contributed by atoms with E-state index in [1.807, 2.05) is 12.1 Å². The van der Waals surface area contributed by atoms with Crippen LogP contribution in [0.1, 0.15) is 17.5 Å². The Kier molecular flexibility index (Phi) is 4.90. The number of carbonyl (C=O) groups is 1. The van der Waals surface area contributed by atoms with Crippen molar-refractivity contribution in [3.63, 3.8) is 0 Å². The fourth-order valence-corrected chi connectivity index (χ4v) is 2.27. The van der Waals surface area contributed by atoms with Crippen LogP contribution in [0.25, 0.3) is 0 Å². The predicted molar refractivity (Wildman–Crippen MR) is 73.1 cm³/mol. The second kappa shape index (κ2) is 6.65. The number of rotatable bonds is 7. The highest BCUT2D eigenvalue weighted by molar-refractivity contribution is 5.99. The highest BCUT2D eigenvalue weighted by atomic mass is 16.3. The molecule has 104 valence electrons. The second-order valence-corrected chi connectivity index (χ2v) is 4.81. The molecule has 4 N–H and O–H groups in total. The van der Waals surface area contributed by atoms with Crippen molar-refractivity contribution in [2.24, 2.45) is 0 Å². The summed E-state index contributed by atoms with van der Waals surface area (Å²) in [5.41, 5.74) is 3.13. The lowest BCUT2D eigenvalue weighted by Gasteiger charge is -2.14. The molecule has 5 nitrogen and oxygen atoms in total. The Balaban J connectivity index is 1.84. The van der Waals surface area contributed by atoms with Gasteiger partial charge in [-0.25, -0.2) is 0 Å². The van der Waals surface area contributed by atoms with E-state index in [4.69, 9.17) is 10.2 Å². The minimum Gasteiger partial charge on any atom is -0.396 e. The van der Waals surface area contributed by atoms with Crippen LogP contribution < -0.4 is 10.6 Å². The van der Waals surface area contributed by atoms with Gasteiger partial charge in [0.05, 0.1) is 13.0 Å². The van der Waals surface area contributed by atoms with Crippen molar-refractivity contribution in [1.82, 2.24) is 5.32 Å². The van der Waals surface area contributed by atoms with Gasteiger partial charge in [-0.2, -0.15) is 0 Å². The van der Waals surface area contributed by atoms with E-state index >= 15 is 0 Å². The lowest BCUT2D eigenvalue weighted by Crippen LogP contribution is -2.34. The molecule has 5 heteroatoms. The Bertz CT molecular complexity index is 448. The van der Waals surface area contributed by atoms with Crippen LogP contribution in [0.5, 0.6) is 0 Å². The van der Waals surface area contributed by atoms with Gasteiger partial charge in [0, 0.05) is 18.3 Å². The van der Waals surface area contributed by atoms with Crippen LogP contribution in [0.3, 0.4) is 0 Å². The zero-order valence-electron chi connectivity index (χ0n) is 10.9. The van der Waals surface area contributed by atoms with Gasteiger partial charge in [0.2, 0.25) is 5.91 Å². The molecule has 0 fully saturated rings. The molecule has 19 heavy (non-hydrogen) atoms. The van der Waals surface area contributed by atoms with Gasteiger partial charge in [0.15, 0.2) is 0 Å². The van der Waals surface area contributed by atoms with Crippen LogP contribution in [-0.4, -0.2) is 41.9 Å². The van der Waals surface area contributed by atoms with Crippen molar-refractivity contribution in [2.45, 2.75) is 25.3 Å². The van der Waals surface area contributed by atoms with E-state index in [0.29, 0.717) is 12.8 Å². The molecular formula is C14H20N2O3. The van der Waals surface area contributed by atoms with E-state index in [9.17, 15) is 4.79 Å². The topological polar surface area (TPSA) is 81.6 Å². The molecule has 2 rings (SSSR count). The molecule has 0 bridgehead atoms. The first-order valence-corrected chi connectivity index (χ1v) is 6.59. The summed E-state index contributed by atoms with van der Waals surface area (Å²) in [5, 5.41) is 23.9. The van der Waals surface area contributed by atoms with E-state index in [-0.39, 0.29) is 25.2 Å². The van der Waals surface area contributed by atoms with Crippen molar-refractivity contribution in [3.8, 4) is 0 Å². The first-order chi connectivity index (χ1) is 9.22. The number of anilines is 1. The Hall–Kier alpha value is -1.43. The fourth-order valence-electron chi connectivity index (χ4n) is 2.27. The molecule has 1 aliphatic heterocycles. The summed E-state index contributed by atoms with van der Waals surface area (Å²) in [6.07, 6.45) is 1.85. The highest BCUT2D eigenvalue weighted by Crippen LogP contribution is 2.23. The number of carbonyl (C=O) groups excluding carboxylic acids is 1. The van der Waals surface area contributed by atoms with E-state index in [1.165, 1.54) is 5.56 Å². The summed E-state index contributed by atoms with van der Waals surface area (Å²) in [7, 11) is 0. The summed E-state index contributed by atoms with van der Waals surface area (Å²) < 4.78 is 0. The van der Waals surface area contributed by atoms with Crippen LogP contribution >= 0.6 is 0 Å². The van der Waals surface area contributed by atoms with Crippen molar-refractivity contribution < 1.29 is 15.0 Å². The van der Waals surface area contributed by atoms with Crippen molar-refractivity contribution >= 4 is 11.6 Å². The first kappa shape index (κ1) is 14.0. The fraction of sp³-hybridized carbons (Fsp3) is 0.500. The number of aliphatic hydroxyl groups excluding tert-OH is 2. The number of hydrogen-bond donors (Lipinski definition) is 4. The smallest absolute Gasteiger partial charge is 0.228 e. The Labute approximate surface area is 112 Å². The molecule has 0 aliphatic carbocycles. The zero-order chi connectivity index (χ0) is 13.7. The monoisotopic (exact) mass is 264 g/mol. The van der Waals surface area contributed by atoms with Gasteiger partial charge >= 0.3 is 0 Å². The summed E-state index contributed by atoms with van der Waals surface area (Å²) in [6.45, 7) is 0.847. The molecular weight excluding hydrogens is 244 g/mol. The number of nitrogens with one attached hydrogen (secondary N) is 2. The van der Waals surface area contributed by atoms with Crippen LogP contribution in [0.15, 0.2) is 18.2 Å². The number of hydrogen-bond acceptors (Lipinski definition) is 4. The second-order valence-electron chi connectivity index (χ2n) is 4.81. The average molecular weight is 264 g/mol. The third-order valence-corrected chi connectivity index (χ3v) is 3.34. The number of aliphatic hydroxyl groups is 2. The van der Waals surface area contributed by atoms with Gasteiger partial charge in [-0.15, -0.1) is 0 Å². The molecule has 1 amide bonds. The quantitative estimate of drug-likeness (QED) is 0.561. The predicted octanol–water partition coefficient (Wildman–Crippen LogP) is 0.0566. The first-order valence-electron chi connectivity index (χ1n) is 6.59. The maximum Gasteiger partial charge on any atom is 0.228 e. The molecule has 1 aromatic carbocycles. The Morgan fingerprint density at radius 1 is 1.37 bits per heavy atom. The van der Waals surface area contributed by atoms with Gasteiger partial charge in [-0.1, -0.05) is 12.1 Å². The summed E-state index contributed by atoms with van der Waals surface area (Å²) in [6, 6.07) is 5.94. The molecule has 0 radical (unpaired) electrons. The van der Waals surface area contributed by atoms with E-state index < -0.39 is 0 Å². The van der Waals surface area contributed by atoms with Crippen LogP contribution in [0, 0.1) is 0 Å². The van der Waals surface area contributed by atoms with E-state index in [2.05, 4.69) is 16.7 Å². The van der Waals surface area contributed by atoms with Crippen molar-refractivity contribution in [3.05, 3.63) is 29.3 Å². The van der Waals surface area contributed by atoms with Crippen LogP contribution in [-0.2, 0) is 17.6 Å². The maximum absolute atomic E-state index is 11.3. The van der Waals surface area contributed by atoms with Gasteiger partial charge in [0.25, 0.3) is 0 Å². The minimum absolute atomic E-state index is 0.0309. The van der Waals surface area contributed by atoms with E-state index in [1.54, 1.807) is 0 Å². The molecule has 0 spiro atoms. The Morgan fingerprint density at radius 2 is 2.21 bits per heavy atom. The van der Waals surface area contributed by atoms with Gasteiger partial charge in [0.1, 0.15) is 0 Å². The Morgan fingerprint density at radius 3 is 2.95 bits per heavy atom. The zero-order valence-corrected chi connectivity index (χ0v) is 10.9. The highest BCUT2D eigenvalue weighted by Gasteiger charge is 2.17. The lowest BCUT2D eigenvalue weighted by atomic mass is 10.1. The largest absolute Gasteiger partial charge is 0.396 e. The molecule has 0 saturated carbocycles. The molecule has 1 atom stereocenters. The molecule has 1 unspecified atom stereocenters. The third-order valence-electron chi connectivity index (χ3n) is 3.34. The van der Waals surface area contributed by atoms with Crippen LogP contribution in [0.2, 0.25) is 0 Å². The molecule has 1 aromatic rings. The molecule has 0 aromatic heterocycles. The SMILES string of the molecule is O=C1Cc2cc(CCNC(CO)CCO)ccc2N1. The normalized spacial score (nSPS) is 15.2. The van der Waals surface area contributed by atoms with Gasteiger partial charge in [-0.05, 0) is 36.6 Å². The number of amides is 1. The summed E-state index contributed by atoms with van der Waals surface area (Å²) in [5.74, 6) is 0.0496. The van der Waals surface area contributed by atoms with Gasteiger partial charge < -0.3 is 20.8 Å². The molecule has 1 heterocycles.